The Morgan fingerprint density at radius 2 is 1.72 bits per heavy atom. The summed E-state index contributed by atoms with van der Waals surface area (Å²) in [4.78, 5) is 32.1. The van der Waals surface area contributed by atoms with E-state index in [1.165, 1.54) is 0 Å². The number of hydrogen-bond donors (Lipinski definition) is 0. The summed E-state index contributed by atoms with van der Waals surface area (Å²) in [5.41, 5.74) is 2.14. The van der Waals surface area contributed by atoms with E-state index in [2.05, 4.69) is 0 Å². The lowest BCUT2D eigenvalue weighted by Gasteiger charge is -2.37. The van der Waals surface area contributed by atoms with E-state index in [0.29, 0.717) is 21.1 Å². The monoisotopic (exact) mass is 722 g/mol. The van der Waals surface area contributed by atoms with Crippen LogP contribution in [-0.2, 0) is 22.1 Å². The lowest BCUT2D eigenvalue weighted by atomic mass is 9.82. The van der Waals surface area contributed by atoms with Gasteiger partial charge in [-0.3, -0.25) is 9.00 Å². The van der Waals surface area contributed by atoms with Crippen molar-refractivity contribution in [3.05, 3.63) is 82.2 Å². The predicted octanol–water partition coefficient (Wildman–Crippen LogP) is 9.11. The first-order valence-corrected chi connectivity index (χ1v) is 19.2. The lowest BCUT2D eigenvalue weighted by molar-refractivity contribution is 0.0158. The second kappa shape index (κ2) is 13.7. The maximum Gasteiger partial charge on any atom is 0.410 e. The molecule has 266 valence electrons. The molecule has 2 saturated carbocycles. The first kappa shape index (κ1) is 36.0. The van der Waals surface area contributed by atoms with Crippen LogP contribution in [0.5, 0.6) is 5.75 Å². The average molecular weight is 723 g/mol. The molecule has 1 heterocycles. The molecule has 0 saturated heterocycles. The van der Waals surface area contributed by atoms with Crippen LogP contribution in [0.25, 0.3) is 21.2 Å². The molecule has 7 nitrogen and oxygen atoms in total. The molecule has 2 aliphatic carbocycles. The molecule has 50 heavy (non-hydrogen) atoms. The van der Waals surface area contributed by atoms with E-state index in [1.54, 1.807) is 32.2 Å². The molecule has 2 fully saturated rings. The zero-order valence-corrected chi connectivity index (χ0v) is 31.2. The first-order chi connectivity index (χ1) is 23.6. The van der Waals surface area contributed by atoms with Gasteiger partial charge in [-0.2, -0.15) is 0 Å². The molecule has 1 aromatic heterocycles. The van der Waals surface area contributed by atoms with Gasteiger partial charge in [-0.15, -0.1) is 11.3 Å². The summed E-state index contributed by atoms with van der Waals surface area (Å²) >= 11 is 0.990. The lowest BCUT2D eigenvalue weighted by Crippen LogP contribution is -2.44. The Balaban J connectivity index is 1.35. The molecule has 0 N–H and O–H groups in total. The van der Waals surface area contributed by atoms with Crippen molar-refractivity contribution >= 4 is 44.2 Å². The Labute approximate surface area is 299 Å². The number of rotatable bonds is 8. The quantitative estimate of drug-likeness (QED) is 0.181. The largest absolute Gasteiger partial charge is 0.496 e. The maximum absolute atomic E-state index is 15.0. The third kappa shape index (κ3) is 6.91. The highest BCUT2D eigenvalue weighted by molar-refractivity contribution is 7.84. The molecular weight excluding hydrogens is 679 g/mol. The molecule has 6 rings (SSSR count). The van der Waals surface area contributed by atoms with Gasteiger partial charge in [0, 0.05) is 47.8 Å². The normalized spacial score (nSPS) is 20.8. The number of ether oxygens (including phenoxy) is 2. The molecule has 1 unspecified atom stereocenters. The highest BCUT2D eigenvalue weighted by Crippen LogP contribution is 2.60. The fraction of sp³-hybridized carbons (Fsp3) is 0.436. The molecule has 2 aliphatic rings. The summed E-state index contributed by atoms with van der Waals surface area (Å²) in [7, 11) is 2.15. The number of methoxy groups -OCH3 is 1. The minimum absolute atomic E-state index is 0.0256. The maximum atomic E-state index is 15.0. The van der Waals surface area contributed by atoms with Crippen LogP contribution in [-0.4, -0.2) is 64.1 Å². The number of carbonyl (C=O) groups excluding carboxylic acids is 2. The fourth-order valence-electron chi connectivity index (χ4n) is 7.49. The fourth-order valence-corrected chi connectivity index (χ4v) is 9.44. The summed E-state index contributed by atoms with van der Waals surface area (Å²) in [6.07, 6.45) is 5.28. The van der Waals surface area contributed by atoms with E-state index < -0.39 is 28.0 Å². The number of hydrogen-bond acceptors (Lipinski definition) is 6. The highest BCUT2D eigenvalue weighted by Gasteiger charge is 2.59. The second-order valence-corrected chi connectivity index (χ2v) is 17.0. The Kier molecular flexibility index (Phi) is 9.87. The number of halogens is 2. The standard InChI is InChI=1S/C39H44F2N2O5S2/c1-23-33-28(40)13-14-29(41)35(33)49-34(23)36(44)43(32-21-39(32)18-16-26(17-19-39)42(5)37(45)48-38(2,3)4)22-25-20-24(12-15-30(25)47-6)27-10-8-9-11-31(27)50(7)46/h8-15,20,26,32H,16-19,21-22H2,1-7H3/t26?,32-,39?,50?/m0/s1. The van der Waals surface area contributed by atoms with Crippen LogP contribution in [0.15, 0.2) is 59.5 Å². The van der Waals surface area contributed by atoms with Crippen molar-refractivity contribution in [3.8, 4) is 16.9 Å². The first-order valence-electron chi connectivity index (χ1n) is 16.9. The summed E-state index contributed by atoms with van der Waals surface area (Å²) < 4.78 is 54.1. The number of thiophene rings is 1. The van der Waals surface area contributed by atoms with E-state index in [4.69, 9.17) is 9.47 Å². The predicted molar refractivity (Wildman–Crippen MR) is 194 cm³/mol. The van der Waals surface area contributed by atoms with Crippen molar-refractivity contribution in [3.63, 3.8) is 0 Å². The Bertz CT molecular complexity index is 1980. The van der Waals surface area contributed by atoms with Crippen LogP contribution < -0.4 is 4.74 Å². The van der Waals surface area contributed by atoms with Crippen molar-refractivity contribution < 1.29 is 32.1 Å². The Hall–Kier alpha value is -3.83. The number of benzene rings is 3. The summed E-state index contributed by atoms with van der Waals surface area (Å²) in [6, 6.07) is 15.4. The minimum atomic E-state index is -1.22. The van der Waals surface area contributed by atoms with E-state index in [9.17, 15) is 22.6 Å². The van der Waals surface area contributed by atoms with Gasteiger partial charge in [0.05, 0.1) is 27.5 Å². The minimum Gasteiger partial charge on any atom is -0.496 e. The van der Waals surface area contributed by atoms with Crippen LogP contribution in [0, 0.1) is 24.0 Å². The van der Waals surface area contributed by atoms with Crippen molar-refractivity contribution in [2.75, 3.05) is 20.4 Å². The zero-order valence-electron chi connectivity index (χ0n) is 29.6. The van der Waals surface area contributed by atoms with Gasteiger partial charge < -0.3 is 19.3 Å². The van der Waals surface area contributed by atoms with Crippen LogP contribution in [0.4, 0.5) is 13.6 Å². The number of aryl methyl sites for hydroxylation is 1. The number of fused-ring (bicyclic) bond motifs is 1. The summed E-state index contributed by atoms with van der Waals surface area (Å²) in [6.45, 7) is 7.44. The van der Waals surface area contributed by atoms with E-state index in [1.807, 2.05) is 68.1 Å². The average Bonchev–Trinajstić information content (AvgIpc) is 3.64. The third-order valence-electron chi connectivity index (χ3n) is 10.3. The molecular formula is C39H44F2N2O5S2. The molecule has 2 amide bonds. The van der Waals surface area contributed by atoms with E-state index in [-0.39, 0.29) is 46.1 Å². The van der Waals surface area contributed by atoms with Crippen molar-refractivity contribution in [2.45, 2.75) is 88.9 Å². The summed E-state index contributed by atoms with van der Waals surface area (Å²) in [5, 5.41) is 0.137. The molecule has 1 spiro atoms. The van der Waals surface area contributed by atoms with Crippen LogP contribution in [0.1, 0.15) is 73.7 Å². The third-order valence-corrected chi connectivity index (χ3v) is 12.5. The van der Waals surface area contributed by atoms with Gasteiger partial charge in [0.2, 0.25) is 0 Å². The zero-order chi connectivity index (χ0) is 36.1. The van der Waals surface area contributed by atoms with E-state index >= 15 is 0 Å². The molecule has 0 aliphatic heterocycles. The second-order valence-electron chi connectivity index (χ2n) is 14.6. The molecule has 2 atom stereocenters. The van der Waals surface area contributed by atoms with Crippen LogP contribution in [0.3, 0.4) is 0 Å². The van der Waals surface area contributed by atoms with Gasteiger partial charge in [0.25, 0.3) is 5.91 Å². The van der Waals surface area contributed by atoms with Crippen molar-refractivity contribution in [1.82, 2.24) is 9.80 Å². The molecule has 4 aromatic rings. The van der Waals surface area contributed by atoms with Gasteiger partial charge in [-0.05, 0) is 112 Å². The summed E-state index contributed by atoms with van der Waals surface area (Å²) in [5.74, 6) is -0.793. The Morgan fingerprint density at radius 1 is 1.04 bits per heavy atom. The molecule has 0 radical (unpaired) electrons. The number of carbonyl (C=O) groups is 2. The molecule has 0 bridgehead atoms. The molecule has 11 heteroatoms. The molecule has 3 aromatic carbocycles. The highest BCUT2D eigenvalue weighted by atomic mass is 32.2. The van der Waals surface area contributed by atoms with Crippen molar-refractivity contribution in [2.24, 2.45) is 5.41 Å². The van der Waals surface area contributed by atoms with Gasteiger partial charge in [0.15, 0.2) is 0 Å². The topological polar surface area (TPSA) is 76.2 Å². The van der Waals surface area contributed by atoms with Crippen LogP contribution in [0.2, 0.25) is 0 Å². The number of amides is 2. The van der Waals surface area contributed by atoms with E-state index in [0.717, 1.165) is 72.3 Å². The number of nitrogens with zero attached hydrogens (tertiary/aromatic N) is 2. The SMILES string of the molecule is COc1ccc(-c2ccccc2S(C)=O)cc1CN(C(=O)c1sc2c(F)ccc(F)c2c1C)[C@H]1CC12CCC(N(C)C(=O)OC(C)(C)C)CC2. The van der Waals surface area contributed by atoms with Gasteiger partial charge in [0.1, 0.15) is 23.0 Å². The Morgan fingerprint density at radius 3 is 2.36 bits per heavy atom. The van der Waals surface area contributed by atoms with Crippen LogP contribution >= 0.6 is 11.3 Å². The van der Waals surface area contributed by atoms with Crippen molar-refractivity contribution in [1.29, 1.82) is 0 Å². The van der Waals surface area contributed by atoms with Gasteiger partial charge in [-0.1, -0.05) is 24.3 Å². The van der Waals surface area contributed by atoms with Gasteiger partial charge >= 0.3 is 6.09 Å². The van der Waals surface area contributed by atoms with Gasteiger partial charge in [-0.25, -0.2) is 13.6 Å². The smallest absolute Gasteiger partial charge is 0.410 e.